The summed E-state index contributed by atoms with van der Waals surface area (Å²) >= 11 is 12.1. The van der Waals surface area contributed by atoms with Crippen LogP contribution >= 0.6 is 23.2 Å². The number of carbonyl (C=O) groups is 1. The predicted octanol–water partition coefficient (Wildman–Crippen LogP) is 4.19. The van der Waals surface area contributed by atoms with Crippen LogP contribution in [0, 0.1) is 0 Å². The molecular formula is C15H9Cl2N3O. The highest BCUT2D eigenvalue weighted by Gasteiger charge is 2.13. The normalized spacial score (nSPS) is 10.6. The minimum absolute atomic E-state index is 0.209. The number of fused-ring (bicyclic) bond motifs is 1. The molecule has 0 aliphatic heterocycles. The number of carbonyl (C=O) groups excluding carboxylic acids is 1. The fraction of sp³-hybridized carbons (Fsp3) is 0. The number of pyridine rings is 2. The Morgan fingerprint density at radius 2 is 1.90 bits per heavy atom. The van der Waals surface area contributed by atoms with Gasteiger partial charge in [-0.2, -0.15) is 0 Å². The van der Waals surface area contributed by atoms with E-state index in [9.17, 15) is 4.79 Å². The van der Waals surface area contributed by atoms with Gasteiger partial charge in [-0.15, -0.1) is 0 Å². The van der Waals surface area contributed by atoms with Gasteiger partial charge in [-0.3, -0.25) is 4.79 Å². The largest absolute Gasteiger partial charge is 0.304 e. The number of anilines is 1. The van der Waals surface area contributed by atoms with E-state index < -0.39 is 5.91 Å². The summed E-state index contributed by atoms with van der Waals surface area (Å²) in [5.41, 5.74) is 0.209. The van der Waals surface area contributed by atoms with Crippen molar-refractivity contribution in [3.05, 3.63) is 64.5 Å². The van der Waals surface area contributed by atoms with E-state index in [1.54, 1.807) is 24.4 Å². The molecule has 2 aromatic heterocycles. The first-order valence-corrected chi connectivity index (χ1v) is 6.88. The second-order valence-corrected chi connectivity index (χ2v) is 5.07. The second-order valence-electron chi connectivity index (χ2n) is 4.31. The zero-order valence-electron chi connectivity index (χ0n) is 10.7. The molecule has 0 radical (unpaired) electrons. The summed E-state index contributed by atoms with van der Waals surface area (Å²) in [6.45, 7) is 0. The molecule has 0 spiro atoms. The lowest BCUT2D eigenvalue weighted by Gasteiger charge is -2.07. The molecule has 0 bridgehead atoms. The minimum atomic E-state index is -0.414. The molecule has 0 fully saturated rings. The van der Waals surface area contributed by atoms with Gasteiger partial charge >= 0.3 is 0 Å². The molecule has 2 heterocycles. The molecule has 0 unspecified atom stereocenters. The molecule has 0 atom stereocenters. The van der Waals surface area contributed by atoms with Crippen molar-refractivity contribution in [2.75, 3.05) is 5.32 Å². The van der Waals surface area contributed by atoms with E-state index in [1.165, 1.54) is 0 Å². The van der Waals surface area contributed by atoms with Gasteiger partial charge in [-0.1, -0.05) is 47.5 Å². The summed E-state index contributed by atoms with van der Waals surface area (Å²) in [6, 6.07) is 12.5. The molecule has 0 saturated heterocycles. The Kier molecular flexibility index (Phi) is 3.73. The first-order valence-electron chi connectivity index (χ1n) is 6.12. The SMILES string of the molecule is O=C(Nc1ncccc1Cl)c1cc2ccccc2c(Cl)n1. The molecule has 0 saturated carbocycles. The average Bonchev–Trinajstić information content (AvgIpc) is 2.49. The summed E-state index contributed by atoms with van der Waals surface area (Å²) in [7, 11) is 0. The molecular weight excluding hydrogens is 309 g/mol. The topological polar surface area (TPSA) is 54.9 Å². The molecule has 6 heteroatoms. The first-order chi connectivity index (χ1) is 10.1. The van der Waals surface area contributed by atoms with Gasteiger partial charge in [0.2, 0.25) is 0 Å². The average molecular weight is 318 g/mol. The van der Waals surface area contributed by atoms with Crippen molar-refractivity contribution < 1.29 is 4.79 Å². The van der Waals surface area contributed by atoms with E-state index in [-0.39, 0.29) is 16.7 Å². The summed E-state index contributed by atoms with van der Waals surface area (Å²) in [6.07, 6.45) is 1.54. The lowest BCUT2D eigenvalue weighted by molar-refractivity contribution is 0.102. The molecule has 0 aliphatic carbocycles. The number of amides is 1. The highest BCUT2D eigenvalue weighted by atomic mass is 35.5. The zero-order valence-corrected chi connectivity index (χ0v) is 12.2. The maximum Gasteiger partial charge on any atom is 0.275 e. The molecule has 0 aliphatic rings. The Morgan fingerprint density at radius 3 is 2.71 bits per heavy atom. The van der Waals surface area contributed by atoms with Crippen LogP contribution in [0.25, 0.3) is 10.8 Å². The maximum atomic E-state index is 12.2. The van der Waals surface area contributed by atoms with E-state index in [0.717, 1.165) is 10.8 Å². The Hall–Kier alpha value is -2.17. The van der Waals surface area contributed by atoms with Crippen LogP contribution in [-0.4, -0.2) is 15.9 Å². The van der Waals surface area contributed by atoms with E-state index in [0.29, 0.717) is 5.02 Å². The smallest absolute Gasteiger partial charge is 0.275 e. The van der Waals surface area contributed by atoms with Crippen molar-refractivity contribution in [1.29, 1.82) is 0 Å². The summed E-state index contributed by atoms with van der Waals surface area (Å²) in [5, 5.41) is 4.90. The number of nitrogens with zero attached hydrogens (tertiary/aromatic N) is 2. The number of hydrogen-bond acceptors (Lipinski definition) is 3. The zero-order chi connectivity index (χ0) is 14.8. The van der Waals surface area contributed by atoms with Gasteiger partial charge in [0.25, 0.3) is 5.91 Å². The van der Waals surface area contributed by atoms with Crippen LogP contribution in [0.15, 0.2) is 48.7 Å². The predicted molar refractivity (Wildman–Crippen MR) is 84.0 cm³/mol. The lowest BCUT2D eigenvalue weighted by atomic mass is 10.1. The highest BCUT2D eigenvalue weighted by Crippen LogP contribution is 2.23. The van der Waals surface area contributed by atoms with Gasteiger partial charge in [0, 0.05) is 11.6 Å². The van der Waals surface area contributed by atoms with Crippen LogP contribution in [-0.2, 0) is 0 Å². The van der Waals surface area contributed by atoms with Crippen LogP contribution in [0.1, 0.15) is 10.5 Å². The fourth-order valence-corrected chi connectivity index (χ4v) is 2.35. The number of hydrogen-bond donors (Lipinski definition) is 1. The van der Waals surface area contributed by atoms with Crippen molar-refractivity contribution in [3.63, 3.8) is 0 Å². The van der Waals surface area contributed by atoms with Crippen molar-refractivity contribution in [2.24, 2.45) is 0 Å². The van der Waals surface area contributed by atoms with E-state index in [1.807, 2.05) is 24.3 Å². The van der Waals surface area contributed by atoms with Crippen molar-refractivity contribution in [2.45, 2.75) is 0 Å². The molecule has 4 nitrogen and oxygen atoms in total. The molecule has 1 N–H and O–H groups in total. The third-order valence-electron chi connectivity index (χ3n) is 2.92. The molecule has 1 amide bonds. The minimum Gasteiger partial charge on any atom is -0.304 e. The number of halogens is 2. The van der Waals surface area contributed by atoms with Crippen LogP contribution in [0.2, 0.25) is 10.2 Å². The standard InChI is InChI=1S/C15H9Cl2N3O/c16-11-6-3-7-18-14(11)20-15(21)12-8-9-4-1-2-5-10(9)13(17)19-12/h1-8H,(H,18,20,21). The maximum absolute atomic E-state index is 12.2. The first kappa shape index (κ1) is 13.8. The third-order valence-corrected chi connectivity index (χ3v) is 3.51. The van der Waals surface area contributed by atoms with Crippen molar-refractivity contribution >= 4 is 45.7 Å². The molecule has 21 heavy (non-hydrogen) atoms. The van der Waals surface area contributed by atoms with Gasteiger partial charge in [-0.05, 0) is 23.6 Å². The van der Waals surface area contributed by atoms with Gasteiger partial charge < -0.3 is 5.32 Å². The Bertz CT molecular complexity index is 836. The second kappa shape index (κ2) is 5.68. The Balaban J connectivity index is 1.97. The van der Waals surface area contributed by atoms with Crippen LogP contribution in [0.4, 0.5) is 5.82 Å². The summed E-state index contributed by atoms with van der Waals surface area (Å²) in [4.78, 5) is 20.3. The Labute approximate surface area is 130 Å². The number of aromatic nitrogens is 2. The fourth-order valence-electron chi connectivity index (χ4n) is 1.92. The van der Waals surface area contributed by atoms with E-state index >= 15 is 0 Å². The molecule has 3 rings (SSSR count). The molecule has 1 aromatic carbocycles. The van der Waals surface area contributed by atoms with E-state index in [4.69, 9.17) is 23.2 Å². The quantitative estimate of drug-likeness (QED) is 0.721. The lowest BCUT2D eigenvalue weighted by Crippen LogP contribution is -2.15. The van der Waals surface area contributed by atoms with Gasteiger partial charge in [0.05, 0.1) is 5.02 Å². The van der Waals surface area contributed by atoms with Crippen molar-refractivity contribution in [3.8, 4) is 0 Å². The van der Waals surface area contributed by atoms with Crippen LogP contribution in [0.5, 0.6) is 0 Å². The summed E-state index contributed by atoms with van der Waals surface area (Å²) < 4.78 is 0. The highest BCUT2D eigenvalue weighted by molar-refractivity contribution is 6.35. The molecule has 3 aromatic rings. The van der Waals surface area contributed by atoms with Crippen LogP contribution in [0.3, 0.4) is 0 Å². The number of rotatable bonds is 2. The van der Waals surface area contributed by atoms with E-state index in [2.05, 4.69) is 15.3 Å². The van der Waals surface area contributed by atoms with Gasteiger partial charge in [0.1, 0.15) is 10.8 Å². The van der Waals surface area contributed by atoms with Crippen LogP contribution < -0.4 is 5.32 Å². The monoisotopic (exact) mass is 317 g/mol. The van der Waals surface area contributed by atoms with Gasteiger partial charge in [0.15, 0.2) is 5.82 Å². The Morgan fingerprint density at radius 1 is 1.10 bits per heavy atom. The number of benzene rings is 1. The molecule has 104 valence electrons. The third kappa shape index (κ3) is 2.82. The van der Waals surface area contributed by atoms with Gasteiger partial charge in [-0.25, -0.2) is 9.97 Å². The summed E-state index contributed by atoms with van der Waals surface area (Å²) in [5.74, 6) is -0.126. The number of nitrogens with one attached hydrogen (secondary N) is 1. The van der Waals surface area contributed by atoms with Crippen molar-refractivity contribution in [1.82, 2.24) is 9.97 Å².